The average Bonchev–Trinajstić information content (AvgIpc) is 3.49. The van der Waals surface area contributed by atoms with Crippen LogP contribution in [-0.2, 0) is 6.54 Å². The van der Waals surface area contributed by atoms with Crippen molar-refractivity contribution in [3.8, 4) is 22.1 Å². The number of thiophene rings is 1. The van der Waals surface area contributed by atoms with Crippen LogP contribution in [0.1, 0.15) is 33.8 Å². The topological polar surface area (TPSA) is 85.3 Å². The van der Waals surface area contributed by atoms with Gasteiger partial charge < -0.3 is 20.1 Å². The molecule has 0 spiro atoms. The van der Waals surface area contributed by atoms with E-state index in [0.717, 1.165) is 54.5 Å². The highest BCUT2D eigenvalue weighted by Crippen LogP contribution is 2.39. The van der Waals surface area contributed by atoms with Crippen molar-refractivity contribution in [3.63, 3.8) is 0 Å². The Kier molecular flexibility index (Phi) is 7.59. The number of fused-ring (bicyclic) bond motifs is 1. The molecule has 5 rings (SSSR count). The van der Waals surface area contributed by atoms with Gasteiger partial charge in [-0.05, 0) is 31.7 Å². The molecule has 11 heteroatoms. The van der Waals surface area contributed by atoms with Crippen molar-refractivity contribution in [1.29, 1.82) is 0 Å². The van der Waals surface area contributed by atoms with Crippen molar-refractivity contribution in [1.82, 2.24) is 19.2 Å². The summed E-state index contributed by atoms with van der Waals surface area (Å²) in [4.78, 5) is 22.6. The third-order valence-electron chi connectivity index (χ3n) is 6.62. The molecule has 0 saturated carbocycles. The van der Waals surface area contributed by atoms with Crippen LogP contribution in [0.15, 0.2) is 54.9 Å². The van der Waals surface area contributed by atoms with Crippen LogP contribution in [0.2, 0.25) is 0 Å². The minimum atomic E-state index is -2.96. The van der Waals surface area contributed by atoms with Crippen LogP contribution < -0.4 is 15.2 Å². The molecule has 0 bridgehead atoms. The summed E-state index contributed by atoms with van der Waals surface area (Å²) in [6.07, 6.45) is 3.15. The molecule has 1 atom stereocenters. The number of aromatic nitrogens is 2. The van der Waals surface area contributed by atoms with E-state index in [1.807, 2.05) is 10.5 Å². The SMILES string of the molecule is CC(Oc1cc(-c2cnc3ccc(CN4CCN(C)CC4)cn23)sc1C(N)=O)c1ccccc1OC(F)F. The predicted octanol–water partition coefficient (Wildman–Crippen LogP) is 4.65. The smallest absolute Gasteiger partial charge is 0.387 e. The molecular formula is C27H29F2N5O3S. The van der Waals surface area contributed by atoms with Gasteiger partial charge in [-0.3, -0.25) is 14.1 Å². The molecule has 1 aromatic carbocycles. The summed E-state index contributed by atoms with van der Waals surface area (Å²) in [5, 5.41) is 0. The summed E-state index contributed by atoms with van der Waals surface area (Å²) in [6, 6.07) is 12.2. The summed E-state index contributed by atoms with van der Waals surface area (Å²) in [6.45, 7) is 3.70. The number of hydrogen-bond donors (Lipinski definition) is 1. The number of piperazine rings is 1. The maximum Gasteiger partial charge on any atom is 0.387 e. The second-order valence-electron chi connectivity index (χ2n) is 9.33. The molecular weight excluding hydrogens is 512 g/mol. The molecule has 1 fully saturated rings. The van der Waals surface area contributed by atoms with E-state index in [1.54, 1.807) is 37.4 Å². The highest BCUT2D eigenvalue weighted by Gasteiger charge is 2.23. The average molecular weight is 542 g/mol. The third kappa shape index (κ3) is 5.64. The van der Waals surface area contributed by atoms with E-state index in [1.165, 1.54) is 17.4 Å². The van der Waals surface area contributed by atoms with Gasteiger partial charge in [0.2, 0.25) is 0 Å². The van der Waals surface area contributed by atoms with Gasteiger partial charge in [-0.25, -0.2) is 4.98 Å². The van der Waals surface area contributed by atoms with Crippen LogP contribution in [-0.4, -0.2) is 64.9 Å². The number of likely N-dealkylation sites (N-methyl/N-ethyl adjacent to an activating group) is 1. The fourth-order valence-electron chi connectivity index (χ4n) is 4.60. The highest BCUT2D eigenvalue weighted by molar-refractivity contribution is 7.17. The zero-order valence-electron chi connectivity index (χ0n) is 21.1. The van der Waals surface area contributed by atoms with E-state index >= 15 is 0 Å². The van der Waals surface area contributed by atoms with Crippen LogP contribution in [0.5, 0.6) is 11.5 Å². The van der Waals surface area contributed by atoms with Gasteiger partial charge in [0, 0.05) is 50.6 Å². The van der Waals surface area contributed by atoms with E-state index in [4.69, 9.17) is 10.5 Å². The van der Waals surface area contributed by atoms with Crippen LogP contribution in [0.25, 0.3) is 16.2 Å². The number of benzene rings is 1. The number of amides is 1. The number of para-hydroxylation sites is 1. The van der Waals surface area contributed by atoms with Gasteiger partial charge in [-0.2, -0.15) is 8.78 Å². The van der Waals surface area contributed by atoms with Crippen molar-refractivity contribution in [2.45, 2.75) is 26.2 Å². The van der Waals surface area contributed by atoms with Crippen LogP contribution in [0.3, 0.4) is 0 Å². The van der Waals surface area contributed by atoms with Gasteiger partial charge in [-0.1, -0.05) is 24.3 Å². The van der Waals surface area contributed by atoms with Crippen molar-refractivity contribution in [2.24, 2.45) is 5.73 Å². The molecule has 1 saturated heterocycles. The van der Waals surface area contributed by atoms with Crippen molar-refractivity contribution >= 4 is 22.9 Å². The van der Waals surface area contributed by atoms with Crippen LogP contribution in [0.4, 0.5) is 8.78 Å². The minimum Gasteiger partial charge on any atom is -0.484 e. The summed E-state index contributed by atoms with van der Waals surface area (Å²) >= 11 is 1.21. The Hall–Kier alpha value is -3.54. The number of nitrogens with two attached hydrogens (primary N) is 1. The van der Waals surface area contributed by atoms with E-state index in [-0.39, 0.29) is 16.4 Å². The first kappa shape index (κ1) is 26.1. The Labute approximate surface area is 223 Å². The molecule has 3 aromatic heterocycles. The molecule has 1 aliphatic heterocycles. The van der Waals surface area contributed by atoms with Crippen molar-refractivity contribution < 1.29 is 23.0 Å². The molecule has 8 nitrogen and oxygen atoms in total. The standard InChI is InChI=1S/C27H29F2N5O3S/c1-17(19-5-3-4-6-21(19)37-27(28)29)36-22-13-23(38-25(22)26(30)35)20-14-31-24-8-7-18(16-34(20)24)15-33-11-9-32(2)10-12-33/h3-8,13-14,16-17,27H,9-12,15H2,1-2H3,(H2,30,35). The Morgan fingerprint density at radius 2 is 1.87 bits per heavy atom. The monoisotopic (exact) mass is 541 g/mol. The van der Waals surface area contributed by atoms with Crippen LogP contribution in [0, 0.1) is 0 Å². The highest BCUT2D eigenvalue weighted by atomic mass is 32.1. The zero-order valence-corrected chi connectivity index (χ0v) is 22.0. The molecule has 1 aliphatic rings. The van der Waals surface area contributed by atoms with E-state index in [2.05, 4.69) is 38.8 Å². The predicted molar refractivity (Wildman–Crippen MR) is 142 cm³/mol. The first-order valence-corrected chi connectivity index (χ1v) is 13.1. The largest absolute Gasteiger partial charge is 0.484 e. The Morgan fingerprint density at radius 1 is 1.11 bits per heavy atom. The quantitative estimate of drug-likeness (QED) is 0.332. The lowest BCUT2D eigenvalue weighted by Gasteiger charge is -2.32. The third-order valence-corrected chi connectivity index (χ3v) is 7.77. The van der Waals surface area contributed by atoms with E-state index < -0.39 is 18.6 Å². The molecule has 4 aromatic rings. The zero-order chi connectivity index (χ0) is 26.8. The second-order valence-corrected chi connectivity index (χ2v) is 10.4. The normalized spacial score (nSPS) is 15.7. The maximum atomic E-state index is 12.9. The summed E-state index contributed by atoms with van der Waals surface area (Å²) in [5.41, 5.74) is 8.85. The molecule has 0 aliphatic carbocycles. The van der Waals surface area contributed by atoms with E-state index in [0.29, 0.717) is 5.56 Å². The number of rotatable bonds is 9. The maximum absolute atomic E-state index is 12.9. The first-order valence-electron chi connectivity index (χ1n) is 12.3. The number of hydrogen-bond acceptors (Lipinski definition) is 7. The fourth-order valence-corrected chi connectivity index (χ4v) is 5.55. The molecule has 1 unspecified atom stereocenters. The minimum absolute atomic E-state index is 0.0146. The lowest BCUT2D eigenvalue weighted by molar-refractivity contribution is -0.0512. The molecule has 2 N–H and O–H groups in total. The number of alkyl halides is 2. The van der Waals surface area contributed by atoms with Gasteiger partial charge in [0.15, 0.2) is 0 Å². The molecule has 38 heavy (non-hydrogen) atoms. The van der Waals surface area contributed by atoms with Gasteiger partial charge >= 0.3 is 6.61 Å². The number of nitrogens with zero attached hydrogens (tertiary/aromatic N) is 4. The Bertz CT molecular complexity index is 1430. The van der Waals surface area contributed by atoms with Crippen molar-refractivity contribution in [3.05, 3.63) is 70.9 Å². The van der Waals surface area contributed by atoms with Gasteiger partial charge in [0.05, 0.1) is 16.8 Å². The number of pyridine rings is 1. The Morgan fingerprint density at radius 3 is 2.61 bits per heavy atom. The summed E-state index contributed by atoms with van der Waals surface area (Å²) in [5.74, 6) is -0.341. The second kappa shape index (κ2) is 11.1. The summed E-state index contributed by atoms with van der Waals surface area (Å²) in [7, 11) is 2.14. The lowest BCUT2D eigenvalue weighted by atomic mass is 10.1. The summed E-state index contributed by atoms with van der Waals surface area (Å²) < 4.78 is 38.5. The lowest BCUT2D eigenvalue weighted by Crippen LogP contribution is -2.43. The van der Waals surface area contributed by atoms with Gasteiger partial charge in [-0.15, -0.1) is 11.3 Å². The number of ether oxygens (including phenoxy) is 2. The number of carbonyl (C=O) groups is 1. The number of carbonyl (C=O) groups excluding carboxylic acids is 1. The van der Waals surface area contributed by atoms with Gasteiger partial charge in [0.25, 0.3) is 5.91 Å². The molecule has 200 valence electrons. The van der Waals surface area contributed by atoms with Crippen molar-refractivity contribution in [2.75, 3.05) is 33.2 Å². The molecule has 1 amide bonds. The Balaban J connectivity index is 1.42. The number of halogens is 2. The van der Waals surface area contributed by atoms with E-state index in [9.17, 15) is 13.6 Å². The fraction of sp³-hybridized carbons (Fsp3) is 0.333. The van der Waals surface area contributed by atoms with Crippen LogP contribution >= 0.6 is 11.3 Å². The number of primary amides is 1. The first-order chi connectivity index (χ1) is 18.3. The molecule has 0 radical (unpaired) electrons. The number of imidazole rings is 1. The molecule has 4 heterocycles. The van der Waals surface area contributed by atoms with Gasteiger partial charge in [0.1, 0.15) is 28.1 Å².